The van der Waals surface area contributed by atoms with Gasteiger partial charge in [0.25, 0.3) is 0 Å². The molecule has 8 heteroatoms. The number of carbonyl (C=O) groups is 1. The third-order valence-corrected chi connectivity index (χ3v) is 7.37. The van der Waals surface area contributed by atoms with Gasteiger partial charge in [-0.2, -0.15) is 0 Å². The molecule has 0 saturated carbocycles. The van der Waals surface area contributed by atoms with Crippen LogP contribution in [0.15, 0.2) is 36.4 Å². The van der Waals surface area contributed by atoms with Gasteiger partial charge >= 0.3 is 0 Å². The molecule has 5 rings (SSSR count). The first kappa shape index (κ1) is 21.2. The van der Waals surface area contributed by atoms with Gasteiger partial charge in [0.1, 0.15) is 11.4 Å². The fourth-order valence-corrected chi connectivity index (χ4v) is 5.98. The van der Waals surface area contributed by atoms with E-state index in [1.54, 1.807) is 24.3 Å². The van der Waals surface area contributed by atoms with Crippen LogP contribution in [0, 0.1) is 11.7 Å². The van der Waals surface area contributed by atoms with E-state index in [9.17, 15) is 4.79 Å². The molecule has 31 heavy (non-hydrogen) atoms. The van der Waals surface area contributed by atoms with Crippen LogP contribution in [0.3, 0.4) is 0 Å². The zero-order valence-corrected chi connectivity index (χ0v) is 18.4. The van der Waals surface area contributed by atoms with Crippen molar-refractivity contribution in [3.05, 3.63) is 63.4 Å². The first-order valence-electron chi connectivity index (χ1n) is 10.6. The lowest BCUT2D eigenvalue weighted by atomic mass is 9.74. The summed E-state index contributed by atoms with van der Waals surface area (Å²) in [4.78, 5) is 15.8. The SMILES string of the molecule is N[C@@H]1CN(CC2CCCOC2)C2(C(=O)Nc3cc(Cl)ccc32)[C@H]1c1cccc(Cl)c1F. The van der Waals surface area contributed by atoms with E-state index in [0.717, 1.165) is 25.0 Å². The third kappa shape index (κ3) is 3.28. The maximum Gasteiger partial charge on any atom is 0.250 e. The number of nitrogens with zero attached hydrogens (tertiary/aromatic N) is 1. The molecule has 0 radical (unpaired) electrons. The minimum atomic E-state index is -1.14. The number of anilines is 1. The Kier molecular flexibility index (Phi) is 5.47. The molecule has 2 fully saturated rings. The number of hydrogen-bond acceptors (Lipinski definition) is 4. The van der Waals surface area contributed by atoms with Crippen LogP contribution < -0.4 is 11.1 Å². The fourth-order valence-electron chi connectivity index (χ4n) is 5.62. The van der Waals surface area contributed by atoms with Gasteiger partial charge in [-0.15, -0.1) is 0 Å². The summed E-state index contributed by atoms with van der Waals surface area (Å²) in [6.07, 6.45) is 2.01. The molecular formula is C23H24Cl2FN3O2. The Balaban J connectivity index is 1.68. The molecule has 2 saturated heterocycles. The molecule has 2 aromatic carbocycles. The number of nitrogens with one attached hydrogen (secondary N) is 1. The van der Waals surface area contributed by atoms with Gasteiger partial charge in [0.05, 0.1) is 11.6 Å². The Morgan fingerprint density at radius 3 is 2.90 bits per heavy atom. The number of hydrogen-bond donors (Lipinski definition) is 2. The number of nitrogens with two attached hydrogens (primary N) is 1. The monoisotopic (exact) mass is 463 g/mol. The van der Waals surface area contributed by atoms with Gasteiger partial charge in [0, 0.05) is 47.9 Å². The number of fused-ring (bicyclic) bond motifs is 2. The summed E-state index contributed by atoms with van der Waals surface area (Å²) in [5.41, 5.74) is 7.28. The molecule has 0 bridgehead atoms. The smallest absolute Gasteiger partial charge is 0.250 e. The summed E-state index contributed by atoms with van der Waals surface area (Å²) < 4.78 is 20.9. The second-order valence-corrected chi connectivity index (χ2v) is 9.53. The maximum absolute atomic E-state index is 15.2. The van der Waals surface area contributed by atoms with Crippen LogP contribution in [0.2, 0.25) is 10.0 Å². The lowest BCUT2D eigenvalue weighted by Crippen LogP contribution is -2.52. The molecule has 1 spiro atoms. The summed E-state index contributed by atoms with van der Waals surface area (Å²) in [7, 11) is 0. The van der Waals surface area contributed by atoms with Gasteiger partial charge in [-0.25, -0.2) is 4.39 Å². The normalized spacial score (nSPS) is 30.6. The van der Waals surface area contributed by atoms with Gasteiger partial charge in [0.15, 0.2) is 0 Å². The molecule has 3 aliphatic heterocycles. The highest BCUT2D eigenvalue weighted by atomic mass is 35.5. The molecule has 0 aliphatic carbocycles. The Bertz CT molecular complexity index is 1030. The zero-order valence-electron chi connectivity index (χ0n) is 16.9. The second kappa shape index (κ2) is 8.01. The predicted octanol–water partition coefficient (Wildman–Crippen LogP) is 4.13. The van der Waals surface area contributed by atoms with Crippen LogP contribution in [-0.2, 0) is 15.1 Å². The molecule has 5 nitrogen and oxygen atoms in total. The summed E-state index contributed by atoms with van der Waals surface area (Å²) >= 11 is 12.3. The number of benzene rings is 2. The topological polar surface area (TPSA) is 67.6 Å². The van der Waals surface area contributed by atoms with E-state index < -0.39 is 23.3 Å². The van der Waals surface area contributed by atoms with E-state index in [2.05, 4.69) is 10.2 Å². The van der Waals surface area contributed by atoms with Crippen LogP contribution in [0.4, 0.5) is 10.1 Å². The minimum Gasteiger partial charge on any atom is -0.381 e. The Hall–Kier alpha value is -1.70. The molecule has 3 aliphatic rings. The number of likely N-dealkylation sites (tertiary alicyclic amines) is 1. The van der Waals surface area contributed by atoms with Crippen LogP contribution in [-0.4, -0.2) is 43.2 Å². The number of rotatable bonds is 3. The Morgan fingerprint density at radius 2 is 2.13 bits per heavy atom. The minimum absolute atomic E-state index is 0.0220. The van der Waals surface area contributed by atoms with E-state index in [1.165, 1.54) is 6.07 Å². The number of carbonyl (C=O) groups excluding carboxylic acids is 1. The molecule has 4 atom stereocenters. The summed E-state index contributed by atoms with van der Waals surface area (Å²) in [5, 5.41) is 3.53. The number of amides is 1. The van der Waals surface area contributed by atoms with Gasteiger partial charge in [-0.1, -0.05) is 41.4 Å². The lowest BCUT2D eigenvalue weighted by molar-refractivity contribution is -0.127. The maximum atomic E-state index is 15.2. The van der Waals surface area contributed by atoms with E-state index in [4.69, 9.17) is 33.7 Å². The standard InChI is InChI=1S/C23H24Cl2FN3O2/c24-14-6-7-16-19(9-14)28-22(30)23(16)20(15-4-1-5-17(25)21(15)26)18(27)11-29(23)10-13-3-2-8-31-12-13/h1,4-7,9,13,18,20H,2-3,8,10-12,27H2,(H,28,30)/t13?,18-,20+,23?/m1/s1. The summed E-state index contributed by atoms with van der Waals surface area (Å²) in [5.74, 6) is -1.05. The Morgan fingerprint density at radius 1 is 1.29 bits per heavy atom. The van der Waals surface area contributed by atoms with Crippen LogP contribution in [0.5, 0.6) is 0 Å². The van der Waals surface area contributed by atoms with Crippen molar-refractivity contribution >= 4 is 34.8 Å². The zero-order chi connectivity index (χ0) is 21.8. The molecule has 3 N–H and O–H groups in total. The molecule has 2 aromatic rings. The number of ether oxygens (including phenoxy) is 1. The Labute approximate surface area is 190 Å². The van der Waals surface area contributed by atoms with Crippen molar-refractivity contribution < 1.29 is 13.9 Å². The van der Waals surface area contributed by atoms with Crippen molar-refractivity contribution in [2.75, 3.05) is 31.6 Å². The highest BCUT2D eigenvalue weighted by Gasteiger charge is 2.63. The summed E-state index contributed by atoms with van der Waals surface area (Å²) in [6.45, 7) is 2.51. The van der Waals surface area contributed by atoms with Gasteiger partial charge in [-0.3, -0.25) is 9.69 Å². The highest BCUT2D eigenvalue weighted by Crippen LogP contribution is 2.55. The first-order valence-corrected chi connectivity index (χ1v) is 11.3. The molecule has 164 valence electrons. The molecule has 1 amide bonds. The molecular weight excluding hydrogens is 440 g/mol. The first-order chi connectivity index (χ1) is 14.9. The van der Waals surface area contributed by atoms with E-state index in [0.29, 0.717) is 36.0 Å². The van der Waals surface area contributed by atoms with Crippen molar-refractivity contribution in [2.24, 2.45) is 11.7 Å². The van der Waals surface area contributed by atoms with Gasteiger partial charge in [-0.05, 0) is 42.5 Å². The average molecular weight is 464 g/mol. The fraction of sp³-hybridized carbons (Fsp3) is 0.435. The number of halogens is 3. The van der Waals surface area contributed by atoms with Crippen molar-refractivity contribution in [1.29, 1.82) is 0 Å². The van der Waals surface area contributed by atoms with Crippen LogP contribution in [0.1, 0.15) is 29.9 Å². The van der Waals surface area contributed by atoms with Crippen molar-refractivity contribution in [3.63, 3.8) is 0 Å². The van der Waals surface area contributed by atoms with E-state index >= 15 is 4.39 Å². The highest BCUT2D eigenvalue weighted by molar-refractivity contribution is 6.31. The van der Waals surface area contributed by atoms with E-state index in [-0.39, 0.29) is 16.8 Å². The van der Waals surface area contributed by atoms with Crippen molar-refractivity contribution in [3.8, 4) is 0 Å². The molecule has 3 heterocycles. The van der Waals surface area contributed by atoms with Crippen LogP contribution in [0.25, 0.3) is 0 Å². The quantitative estimate of drug-likeness (QED) is 0.717. The van der Waals surface area contributed by atoms with Crippen LogP contribution >= 0.6 is 23.2 Å². The largest absolute Gasteiger partial charge is 0.381 e. The average Bonchev–Trinajstić information content (AvgIpc) is 3.19. The van der Waals surface area contributed by atoms with E-state index in [1.807, 2.05) is 6.07 Å². The molecule has 0 aromatic heterocycles. The van der Waals surface area contributed by atoms with Gasteiger partial charge in [0.2, 0.25) is 5.91 Å². The summed E-state index contributed by atoms with van der Waals surface area (Å²) in [6, 6.07) is 9.79. The molecule has 2 unspecified atom stereocenters. The van der Waals surface area contributed by atoms with Crippen molar-refractivity contribution in [2.45, 2.75) is 30.3 Å². The second-order valence-electron chi connectivity index (χ2n) is 8.68. The predicted molar refractivity (Wildman–Crippen MR) is 119 cm³/mol. The third-order valence-electron chi connectivity index (χ3n) is 6.84. The van der Waals surface area contributed by atoms with Gasteiger partial charge < -0.3 is 15.8 Å². The van der Waals surface area contributed by atoms with Crippen molar-refractivity contribution in [1.82, 2.24) is 4.90 Å². The lowest BCUT2D eigenvalue weighted by Gasteiger charge is -2.40.